The smallest absolute Gasteiger partial charge is 0.125 e. The van der Waals surface area contributed by atoms with Crippen LogP contribution in [0.1, 0.15) is 0 Å². The predicted molar refractivity (Wildman–Crippen MR) is 75.8 cm³/mol. The highest BCUT2D eigenvalue weighted by molar-refractivity contribution is 8.10. The first-order valence-corrected chi connectivity index (χ1v) is 19.3. The van der Waals surface area contributed by atoms with E-state index in [2.05, 4.69) is 0 Å². The summed E-state index contributed by atoms with van der Waals surface area (Å²) in [6, 6.07) is 0. The first-order valence-electron chi connectivity index (χ1n) is 2.14. The molecule has 0 aromatic rings. The van der Waals surface area contributed by atoms with Crippen molar-refractivity contribution in [3.05, 3.63) is 0 Å². The maximum Gasteiger partial charge on any atom is 0.440 e. The van der Waals surface area contributed by atoms with Gasteiger partial charge in [0.2, 0.25) is 0 Å². The molecule has 0 rings (SSSR count). The van der Waals surface area contributed by atoms with E-state index in [9.17, 15) is 0 Å². The van der Waals surface area contributed by atoms with Crippen molar-refractivity contribution in [3.8, 4) is 0 Å². The first-order chi connectivity index (χ1) is 5.25. The summed E-state index contributed by atoms with van der Waals surface area (Å²) >= 11 is 51.9. The summed E-state index contributed by atoms with van der Waals surface area (Å²) in [5.41, 5.74) is -6.01. The van der Waals surface area contributed by atoms with Gasteiger partial charge in [0.1, 0.15) is 0 Å². The molecule has 0 atom stereocenters. The predicted octanol–water partition coefficient (Wildman–Crippen LogP) is 5.75. The van der Waals surface area contributed by atoms with Crippen LogP contribution in [0.25, 0.3) is 0 Å². The molecule has 0 aromatic heterocycles. The number of halogens is 10. The molecular formula is Cl10Si3. The minimum atomic E-state index is -3.01. The van der Waals surface area contributed by atoms with Gasteiger partial charge in [0, 0.05) is 0 Å². The molecule has 0 fully saturated rings. The van der Waals surface area contributed by atoms with Gasteiger partial charge in [-0.3, -0.25) is 0 Å². The second-order valence-electron chi connectivity index (χ2n) is 1.42. The maximum absolute atomic E-state index is 5.34. The molecule has 13 heavy (non-hydrogen) atoms. The number of rotatable bonds is 1. The van der Waals surface area contributed by atoms with E-state index in [-0.39, 0.29) is 0 Å². The molecule has 0 unspecified atom stereocenters. The molecule has 0 amide bonds. The molecule has 0 aliphatic carbocycles. The lowest BCUT2D eigenvalue weighted by Gasteiger charge is -2.12. The number of hydrogen-bond donors (Lipinski definition) is 0. The summed E-state index contributed by atoms with van der Waals surface area (Å²) in [4.78, 5) is 0. The molecule has 0 radical (unpaired) electrons. The fourth-order valence-electron chi connectivity index (χ4n) is 0. The summed E-state index contributed by atoms with van der Waals surface area (Å²) < 4.78 is 0. The standard InChI is InChI=1S/Cl6Si2.Cl4Si/c1-7(2,3)8(4,5)6;1-5(2,3)4. The molecule has 0 aromatic carbocycles. The van der Waals surface area contributed by atoms with E-state index in [1.165, 1.54) is 0 Å². The van der Waals surface area contributed by atoms with Gasteiger partial charge in [0.15, 0.2) is 0 Å². The SMILES string of the molecule is Cl[Si](Cl)(Cl)Cl.Cl[Si](Cl)(Cl)[Si](Cl)(Cl)Cl. The van der Waals surface area contributed by atoms with Crippen LogP contribution in [0.4, 0.5) is 0 Å². The molecule has 0 bridgehead atoms. The molecule has 0 N–H and O–H groups in total. The van der Waals surface area contributed by atoms with Crippen molar-refractivity contribution in [2.75, 3.05) is 0 Å². The van der Waals surface area contributed by atoms with Crippen LogP contribution in [0.3, 0.4) is 0 Å². The number of hydrogen-bond acceptors (Lipinski definition) is 0. The highest BCUT2D eigenvalue weighted by Crippen LogP contribution is 2.39. The minimum Gasteiger partial charge on any atom is -0.125 e. The summed E-state index contributed by atoms with van der Waals surface area (Å²) in [6.07, 6.45) is 0. The third-order valence-electron chi connectivity index (χ3n) is 0.321. The van der Waals surface area contributed by atoms with E-state index in [0.717, 1.165) is 0 Å². The van der Waals surface area contributed by atoms with Gasteiger partial charge in [-0.05, 0) is 0 Å². The van der Waals surface area contributed by atoms with Crippen LogP contribution >= 0.6 is 111 Å². The van der Waals surface area contributed by atoms with Crippen molar-refractivity contribution in [2.45, 2.75) is 0 Å². The Labute approximate surface area is 125 Å². The first kappa shape index (κ1) is 18.9. The van der Waals surface area contributed by atoms with Crippen molar-refractivity contribution >= 4 is 127 Å². The topological polar surface area (TPSA) is 0 Å². The van der Waals surface area contributed by atoms with Crippen LogP contribution in [0.5, 0.6) is 0 Å². The summed E-state index contributed by atoms with van der Waals surface area (Å²) in [5, 5.41) is -2.72. The van der Waals surface area contributed by atoms with Crippen molar-refractivity contribution in [1.29, 1.82) is 0 Å². The molecule has 0 aliphatic heterocycles. The van der Waals surface area contributed by atoms with Gasteiger partial charge < -0.3 is 0 Å². The lowest BCUT2D eigenvalue weighted by atomic mass is 26.7. The Morgan fingerprint density at radius 2 is 0.462 bits per heavy atom. The van der Waals surface area contributed by atoms with Crippen LogP contribution in [-0.2, 0) is 0 Å². The fourth-order valence-corrected chi connectivity index (χ4v) is 0. The summed E-state index contributed by atoms with van der Waals surface area (Å²) in [5.74, 6) is 0. The van der Waals surface area contributed by atoms with E-state index < -0.39 is 16.4 Å². The van der Waals surface area contributed by atoms with Crippen LogP contribution in [0.2, 0.25) is 0 Å². The second-order valence-corrected chi connectivity index (χ2v) is 38.5. The Hall–Kier alpha value is 3.55. The second kappa shape index (κ2) is 7.09. The Kier molecular flexibility index (Phi) is 10.3. The quantitative estimate of drug-likeness (QED) is 0.361. The lowest BCUT2D eigenvalue weighted by molar-refractivity contribution is 3.49. The summed E-state index contributed by atoms with van der Waals surface area (Å²) in [6.45, 7) is 0. The van der Waals surface area contributed by atoms with Gasteiger partial charge >= 0.3 is 16.4 Å². The third kappa shape index (κ3) is 18.1. The Morgan fingerprint density at radius 1 is 0.385 bits per heavy atom. The van der Waals surface area contributed by atoms with Crippen molar-refractivity contribution in [2.24, 2.45) is 0 Å². The van der Waals surface area contributed by atoms with Gasteiger partial charge in [0.25, 0.3) is 0 Å². The van der Waals surface area contributed by atoms with Gasteiger partial charge in [-0.15, -0.1) is 111 Å². The van der Waals surface area contributed by atoms with Crippen molar-refractivity contribution < 1.29 is 0 Å². The van der Waals surface area contributed by atoms with E-state index in [4.69, 9.17) is 111 Å². The molecule has 0 heterocycles. The van der Waals surface area contributed by atoms with E-state index >= 15 is 0 Å². The average molecular weight is 439 g/mol. The Morgan fingerprint density at radius 3 is 0.462 bits per heavy atom. The molecular weight excluding hydrogens is 439 g/mol. The maximum atomic E-state index is 5.34. The Bertz CT molecular complexity index is 114. The third-order valence-corrected chi connectivity index (χ3v) is 26.0. The largest absolute Gasteiger partial charge is 0.440 e. The highest BCUT2D eigenvalue weighted by Gasteiger charge is 2.52. The molecule has 0 nitrogen and oxygen atoms in total. The van der Waals surface area contributed by atoms with E-state index in [1.807, 2.05) is 0 Å². The van der Waals surface area contributed by atoms with Crippen LogP contribution in [0, 0.1) is 0 Å². The average Bonchev–Trinajstić information content (AvgIpc) is 1.50. The highest BCUT2D eigenvalue weighted by atomic mass is 36.0. The zero-order valence-electron chi connectivity index (χ0n) is 5.28. The molecule has 13 heteroatoms. The van der Waals surface area contributed by atoms with Gasteiger partial charge in [0.05, 0.1) is 0 Å². The molecule has 0 saturated heterocycles. The van der Waals surface area contributed by atoms with Crippen LogP contribution < -0.4 is 0 Å². The molecule has 0 spiro atoms. The van der Waals surface area contributed by atoms with Gasteiger partial charge in [-0.25, -0.2) is 0 Å². The van der Waals surface area contributed by atoms with E-state index in [1.54, 1.807) is 0 Å². The zero-order chi connectivity index (χ0) is 11.5. The fraction of sp³-hybridized carbons (Fsp3) is 0. The zero-order valence-corrected chi connectivity index (χ0v) is 15.8. The molecule has 82 valence electrons. The van der Waals surface area contributed by atoms with Gasteiger partial charge in [-0.1, -0.05) is 0 Å². The molecule has 0 saturated carbocycles. The van der Waals surface area contributed by atoms with Crippen LogP contribution in [0.15, 0.2) is 0 Å². The van der Waals surface area contributed by atoms with Crippen LogP contribution in [-0.4, -0.2) is 16.4 Å². The monoisotopic (exact) mass is 434 g/mol. The summed E-state index contributed by atoms with van der Waals surface area (Å²) in [7, 11) is 0. The lowest BCUT2D eigenvalue weighted by Crippen LogP contribution is -2.36. The van der Waals surface area contributed by atoms with Crippen molar-refractivity contribution in [3.63, 3.8) is 0 Å². The normalized spacial score (nSPS) is 13.4. The Balaban J connectivity index is 0. The molecule has 0 aliphatic rings. The minimum absolute atomic E-state index is 2.72. The van der Waals surface area contributed by atoms with E-state index in [0.29, 0.717) is 0 Å². The van der Waals surface area contributed by atoms with Crippen molar-refractivity contribution in [1.82, 2.24) is 0 Å². The van der Waals surface area contributed by atoms with Gasteiger partial charge in [-0.2, -0.15) is 0 Å².